The Kier molecular flexibility index (Phi) is 4.12. The summed E-state index contributed by atoms with van der Waals surface area (Å²) in [6.45, 7) is 0. The maximum absolute atomic E-state index is 2.55. The molecular formula is C42H23N3S. The standard InChI is InChI=1S/C42H23N3S/c1-5-13-33-25(9-1)27-19-17-24-18-20-28-31-21-30-26-10-2-4-12-32(26)43(38-23-46-39-16-8-3-11-29(38)39)36(30)22-37(31)45-35-15-7-6-14-34(35)44(33)41(27)40(24)42(28)45/h1-23H. The van der Waals surface area contributed by atoms with Crippen molar-refractivity contribution in [2.24, 2.45) is 0 Å². The number of hydrogen-bond donors (Lipinski definition) is 0. The van der Waals surface area contributed by atoms with Gasteiger partial charge in [-0.05, 0) is 47.9 Å². The van der Waals surface area contributed by atoms with Crippen LogP contribution in [0.5, 0.6) is 0 Å². The van der Waals surface area contributed by atoms with Crippen LogP contribution in [0.15, 0.2) is 139 Å². The first-order valence-corrected chi connectivity index (χ1v) is 16.7. The summed E-state index contributed by atoms with van der Waals surface area (Å²) in [5.74, 6) is 0. The third kappa shape index (κ3) is 2.64. The first kappa shape index (κ1) is 23.5. The van der Waals surface area contributed by atoms with E-state index >= 15 is 0 Å². The van der Waals surface area contributed by atoms with Gasteiger partial charge in [0.2, 0.25) is 0 Å². The smallest absolute Gasteiger partial charge is 0.0703 e. The van der Waals surface area contributed by atoms with Crippen molar-refractivity contribution in [2.75, 3.05) is 0 Å². The summed E-state index contributed by atoms with van der Waals surface area (Å²) >= 11 is 1.82. The van der Waals surface area contributed by atoms with Crippen molar-refractivity contribution >= 4 is 109 Å². The molecule has 212 valence electrons. The zero-order valence-electron chi connectivity index (χ0n) is 24.5. The molecule has 5 aromatic heterocycles. The van der Waals surface area contributed by atoms with E-state index in [1.54, 1.807) is 0 Å². The molecular weight excluding hydrogens is 579 g/mol. The lowest BCUT2D eigenvalue weighted by molar-refractivity contribution is 1.21. The zero-order valence-corrected chi connectivity index (χ0v) is 25.3. The van der Waals surface area contributed by atoms with Crippen molar-refractivity contribution in [1.82, 2.24) is 13.4 Å². The maximum Gasteiger partial charge on any atom is 0.0703 e. The first-order valence-electron chi connectivity index (χ1n) is 15.8. The van der Waals surface area contributed by atoms with Gasteiger partial charge >= 0.3 is 0 Å². The summed E-state index contributed by atoms with van der Waals surface area (Å²) in [7, 11) is 0. The molecule has 12 aromatic rings. The minimum Gasteiger partial charge on any atom is -0.308 e. The average molecular weight is 602 g/mol. The highest BCUT2D eigenvalue weighted by Gasteiger charge is 2.23. The van der Waals surface area contributed by atoms with E-state index in [4.69, 9.17) is 0 Å². The monoisotopic (exact) mass is 601 g/mol. The fourth-order valence-corrected chi connectivity index (χ4v) is 9.49. The van der Waals surface area contributed by atoms with Gasteiger partial charge in [-0.25, -0.2) is 0 Å². The van der Waals surface area contributed by atoms with E-state index in [-0.39, 0.29) is 0 Å². The lowest BCUT2D eigenvalue weighted by Gasteiger charge is -2.07. The molecule has 0 aliphatic rings. The van der Waals surface area contributed by atoms with Crippen molar-refractivity contribution in [1.29, 1.82) is 0 Å². The van der Waals surface area contributed by atoms with Crippen LogP contribution in [0.3, 0.4) is 0 Å². The van der Waals surface area contributed by atoms with Gasteiger partial charge in [-0.2, -0.15) is 0 Å². The highest BCUT2D eigenvalue weighted by molar-refractivity contribution is 7.17. The molecule has 0 atom stereocenters. The molecule has 0 spiro atoms. The van der Waals surface area contributed by atoms with Gasteiger partial charge in [0.1, 0.15) is 0 Å². The molecule has 0 bridgehead atoms. The van der Waals surface area contributed by atoms with Crippen LogP contribution < -0.4 is 0 Å². The molecule has 3 nitrogen and oxygen atoms in total. The van der Waals surface area contributed by atoms with Crippen LogP contribution in [-0.2, 0) is 0 Å². The molecule has 0 amide bonds. The number of thiophene rings is 1. The molecule has 0 fully saturated rings. The lowest BCUT2D eigenvalue weighted by Crippen LogP contribution is -1.93. The molecule has 7 aromatic carbocycles. The number of fused-ring (bicyclic) bond motifs is 13. The zero-order chi connectivity index (χ0) is 29.7. The molecule has 0 aliphatic heterocycles. The highest BCUT2D eigenvalue weighted by Crippen LogP contribution is 2.45. The third-order valence-corrected chi connectivity index (χ3v) is 11.4. The van der Waals surface area contributed by atoms with Crippen molar-refractivity contribution in [3.05, 3.63) is 139 Å². The Hall–Kier alpha value is -5.84. The SMILES string of the molecule is c1ccc2c(-n3c4ccccc4c4cc5c6ccc7ccc8c9ccccc9n9c%10ccccc%10n(c5cc43)c6c7c89)csc2c1. The second-order valence-corrected chi connectivity index (χ2v) is 13.5. The number of nitrogens with zero attached hydrogens (tertiary/aromatic N) is 3. The van der Waals surface area contributed by atoms with Crippen LogP contribution in [0.4, 0.5) is 0 Å². The normalized spacial score (nSPS) is 12.8. The molecule has 0 saturated heterocycles. The van der Waals surface area contributed by atoms with E-state index in [1.807, 2.05) is 11.3 Å². The Bertz CT molecular complexity index is 3260. The van der Waals surface area contributed by atoms with Crippen molar-refractivity contribution in [3.63, 3.8) is 0 Å². The molecule has 0 N–H and O–H groups in total. The Labute approximate surface area is 265 Å². The lowest BCUT2D eigenvalue weighted by atomic mass is 10.0. The van der Waals surface area contributed by atoms with Crippen molar-refractivity contribution < 1.29 is 0 Å². The van der Waals surface area contributed by atoms with E-state index in [0.717, 1.165) is 0 Å². The molecule has 5 heterocycles. The summed E-state index contributed by atoms with van der Waals surface area (Å²) in [6.07, 6.45) is 0. The predicted octanol–water partition coefficient (Wildman–Crippen LogP) is 11.7. The van der Waals surface area contributed by atoms with Gasteiger partial charge in [0, 0.05) is 53.2 Å². The fourth-order valence-electron chi connectivity index (χ4n) is 8.56. The third-order valence-electron chi connectivity index (χ3n) is 10.4. The summed E-state index contributed by atoms with van der Waals surface area (Å²) in [6, 6.07) is 49.7. The van der Waals surface area contributed by atoms with E-state index in [1.165, 1.54) is 103 Å². The largest absolute Gasteiger partial charge is 0.308 e. The summed E-state index contributed by atoms with van der Waals surface area (Å²) < 4.78 is 8.86. The molecule has 12 rings (SSSR count). The van der Waals surface area contributed by atoms with Crippen molar-refractivity contribution in [3.8, 4) is 5.69 Å². The number of para-hydroxylation sites is 4. The Morgan fingerprint density at radius 3 is 1.72 bits per heavy atom. The Morgan fingerprint density at radius 1 is 0.391 bits per heavy atom. The first-order chi connectivity index (χ1) is 22.8. The van der Waals surface area contributed by atoms with Gasteiger partial charge in [0.15, 0.2) is 0 Å². The minimum atomic E-state index is 1.21. The van der Waals surface area contributed by atoms with Gasteiger partial charge in [-0.1, -0.05) is 91.0 Å². The second kappa shape index (κ2) is 8.05. The molecule has 4 heteroatoms. The molecule has 0 saturated carbocycles. The Balaban J connectivity index is 1.39. The minimum absolute atomic E-state index is 1.21. The van der Waals surface area contributed by atoms with Crippen LogP contribution in [0, 0.1) is 0 Å². The predicted molar refractivity (Wildman–Crippen MR) is 197 cm³/mol. The van der Waals surface area contributed by atoms with Crippen LogP contribution >= 0.6 is 11.3 Å². The van der Waals surface area contributed by atoms with Crippen molar-refractivity contribution in [2.45, 2.75) is 0 Å². The van der Waals surface area contributed by atoms with E-state index in [9.17, 15) is 0 Å². The summed E-state index contributed by atoms with van der Waals surface area (Å²) in [4.78, 5) is 0. The van der Waals surface area contributed by atoms with Gasteiger partial charge in [0.05, 0.1) is 49.8 Å². The number of hydrogen-bond acceptors (Lipinski definition) is 1. The second-order valence-electron chi connectivity index (χ2n) is 12.6. The van der Waals surface area contributed by atoms with E-state index in [2.05, 4.69) is 152 Å². The number of aromatic nitrogens is 3. The molecule has 0 radical (unpaired) electrons. The summed E-state index contributed by atoms with van der Waals surface area (Å²) in [5, 5.41) is 14.0. The maximum atomic E-state index is 2.55. The van der Waals surface area contributed by atoms with Gasteiger partial charge in [-0.3, -0.25) is 0 Å². The summed E-state index contributed by atoms with van der Waals surface area (Å²) in [5.41, 5.74) is 11.2. The van der Waals surface area contributed by atoms with Crippen LogP contribution in [0.2, 0.25) is 0 Å². The van der Waals surface area contributed by atoms with Gasteiger partial charge in [-0.15, -0.1) is 11.3 Å². The Morgan fingerprint density at radius 2 is 0.957 bits per heavy atom. The highest BCUT2D eigenvalue weighted by atomic mass is 32.1. The molecule has 0 unspecified atom stereocenters. The average Bonchev–Trinajstić information content (AvgIpc) is 3.83. The molecule has 0 aliphatic carbocycles. The van der Waals surface area contributed by atoms with Gasteiger partial charge < -0.3 is 13.4 Å². The van der Waals surface area contributed by atoms with Crippen LogP contribution in [0.1, 0.15) is 0 Å². The number of benzene rings is 7. The van der Waals surface area contributed by atoms with E-state index in [0.29, 0.717) is 0 Å². The van der Waals surface area contributed by atoms with Crippen LogP contribution in [-0.4, -0.2) is 13.4 Å². The quantitative estimate of drug-likeness (QED) is 0.178. The number of rotatable bonds is 1. The fraction of sp³-hybridized carbons (Fsp3) is 0. The van der Waals surface area contributed by atoms with Gasteiger partial charge in [0.25, 0.3) is 0 Å². The van der Waals surface area contributed by atoms with E-state index < -0.39 is 0 Å². The topological polar surface area (TPSA) is 13.8 Å². The van der Waals surface area contributed by atoms with Crippen LogP contribution in [0.25, 0.3) is 103 Å². The molecule has 46 heavy (non-hydrogen) atoms.